The van der Waals surface area contributed by atoms with E-state index in [-0.39, 0.29) is 28.2 Å². The Kier molecular flexibility index (Phi) is 6.00. The minimum atomic E-state index is -4.03. The summed E-state index contributed by atoms with van der Waals surface area (Å²) in [6, 6.07) is 12.4. The molecule has 3 aromatic carbocycles. The number of hydrogen-bond acceptors (Lipinski definition) is 3. The summed E-state index contributed by atoms with van der Waals surface area (Å²) in [6.45, 7) is 0. The van der Waals surface area contributed by atoms with Gasteiger partial charge >= 0.3 is 5.97 Å². The average molecular weight is 437 g/mol. The van der Waals surface area contributed by atoms with Crippen LogP contribution in [0.3, 0.4) is 0 Å². The molecular formula is C21H15ClF2O4S. The summed E-state index contributed by atoms with van der Waals surface area (Å²) in [7, 11) is -4.03. The van der Waals surface area contributed by atoms with Crippen LogP contribution < -0.4 is 0 Å². The van der Waals surface area contributed by atoms with Gasteiger partial charge in [-0.2, -0.15) is 0 Å². The molecule has 4 nitrogen and oxygen atoms in total. The van der Waals surface area contributed by atoms with Gasteiger partial charge in [0.25, 0.3) is 0 Å². The highest BCUT2D eigenvalue weighted by Gasteiger charge is 2.20. The Labute approximate surface area is 171 Å². The fourth-order valence-corrected chi connectivity index (χ4v) is 4.33. The lowest BCUT2D eigenvalue weighted by molar-refractivity contribution is -0.136. The zero-order valence-corrected chi connectivity index (χ0v) is 16.5. The lowest BCUT2D eigenvalue weighted by atomic mass is 9.96. The van der Waals surface area contributed by atoms with E-state index in [0.717, 1.165) is 30.3 Å². The standard InChI is InChI=1S/C21H15ClF2O4S/c22-14-3-1-13(2-10-21(25)26)19(11-14)18-9-8-17(12-20(18)24)29(27,28)16-6-4-15(23)5-7-16/h1,3-9,11-12H,2,10H2,(H,25,26). The van der Waals surface area contributed by atoms with Gasteiger partial charge in [-0.05, 0) is 66.1 Å². The Morgan fingerprint density at radius 3 is 2.17 bits per heavy atom. The van der Waals surface area contributed by atoms with Crippen LogP contribution in [0, 0.1) is 11.6 Å². The number of benzene rings is 3. The molecule has 0 amide bonds. The molecule has 0 aliphatic heterocycles. The summed E-state index contributed by atoms with van der Waals surface area (Å²) >= 11 is 6.01. The molecule has 0 radical (unpaired) electrons. The van der Waals surface area contributed by atoms with E-state index in [1.165, 1.54) is 18.2 Å². The second-order valence-corrected chi connectivity index (χ2v) is 8.68. The molecule has 0 fully saturated rings. The van der Waals surface area contributed by atoms with Crippen LogP contribution in [0.5, 0.6) is 0 Å². The van der Waals surface area contributed by atoms with Gasteiger partial charge in [-0.1, -0.05) is 23.7 Å². The molecule has 8 heteroatoms. The van der Waals surface area contributed by atoms with Crippen LogP contribution in [0.15, 0.2) is 70.5 Å². The zero-order chi connectivity index (χ0) is 21.2. The molecular weight excluding hydrogens is 422 g/mol. The third kappa shape index (κ3) is 4.63. The van der Waals surface area contributed by atoms with Gasteiger partial charge in [-0.15, -0.1) is 0 Å². The van der Waals surface area contributed by atoms with Crippen molar-refractivity contribution in [1.82, 2.24) is 0 Å². The van der Waals surface area contributed by atoms with Crippen LogP contribution in [0.25, 0.3) is 11.1 Å². The van der Waals surface area contributed by atoms with Crippen molar-refractivity contribution in [2.24, 2.45) is 0 Å². The Bertz CT molecular complexity index is 1180. The average Bonchev–Trinajstić information content (AvgIpc) is 2.67. The van der Waals surface area contributed by atoms with E-state index in [1.54, 1.807) is 12.1 Å². The predicted octanol–water partition coefficient (Wildman–Crippen LogP) is 5.14. The summed E-state index contributed by atoms with van der Waals surface area (Å²) < 4.78 is 53.3. The molecule has 1 N–H and O–H groups in total. The molecule has 3 rings (SSSR count). The molecule has 0 atom stereocenters. The zero-order valence-electron chi connectivity index (χ0n) is 14.9. The Hall–Kier alpha value is -2.77. The fraction of sp³-hybridized carbons (Fsp3) is 0.0952. The van der Waals surface area contributed by atoms with Gasteiger partial charge in [0.15, 0.2) is 0 Å². The van der Waals surface area contributed by atoms with Gasteiger partial charge in [0.1, 0.15) is 11.6 Å². The van der Waals surface area contributed by atoms with Crippen molar-refractivity contribution in [2.45, 2.75) is 22.6 Å². The van der Waals surface area contributed by atoms with Crippen LogP contribution in [-0.4, -0.2) is 19.5 Å². The van der Waals surface area contributed by atoms with E-state index < -0.39 is 27.4 Å². The lowest BCUT2D eigenvalue weighted by Gasteiger charge is -2.12. The van der Waals surface area contributed by atoms with E-state index >= 15 is 0 Å². The molecule has 0 saturated carbocycles. The molecule has 0 saturated heterocycles. The SMILES string of the molecule is O=C(O)CCc1ccc(Cl)cc1-c1ccc(S(=O)(=O)c2ccc(F)cc2)cc1F. The molecule has 0 bridgehead atoms. The summed E-state index contributed by atoms with van der Waals surface area (Å²) in [4.78, 5) is 10.4. The minimum Gasteiger partial charge on any atom is -0.481 e. The maximum atomic E-state index is 14.9. The maximum Gasteiger partial charge on any atom is 0.303 e. The number of sulfone groups is 1. The molecule has 0 spiro atoms. The molecule has 0 unspecified atom stereocenters. The Morgan fingerprint density at radius 1 is 0.897 bits per heavy atom. The number of rotatable bonds is 6. The van der Waals surface area contributed by atoms with Crippen molar-refractivity contribution in [3.63, 3.8) is 0 Å². The molecule has 150 valence electrons. The first-order chi connectivity index (χ1) is 13.7. The quantitative estimate of drug-likeness (QED) is 0.543. The van der Waals surface area contributed by atoms with E-state index in [2.05, 4.69) is 0 Å². The minimum absolute atomic E-state index is 0.103. The summed E-state index contributed by atoms with van der Waals surface area (Å²) in [6.07, 6.45) is 0.0180. The normalized spacial score (nSPS) is 11.4. The highest BCUT2D eigenvalue weighted by Crippen LogP contribution is 2.32. The fourth-order valence-electron chi connectivity index (χ4n) is 2.89. The van der Waals surface area contributed by atoms with Crippen molar-refractivity contribution in [3.8, 4) is 11.1 Å². The first kappa shape index (κ1) is 21.0. The van der Waals surface area contributed by atoms with Gasteiger partial charge in [-0.3, -0.25) is 4.79 Å². The number of hydrogen-bond donors (Lipinski definition) is 1. The summed E-state index contributed by atoms with van der Waals surface area (Å²) in [5.41, 5.74) is 1.07. The second kappa shape index (κ2) is 8.31. The van der Waals surface area contributed by atoms with Gasteiger partial charge in [0.05, 0.1) is 9.79 Å². The van der Waals surface area contributed by atoms with Crippen LogP contribution in [0.4, 0.5) is 8.78 Å². The van der Waals surface area contributed by atoms with Crippen LogP contribution in [0.2, 0.25) is 5.02 Å². The van der Waals surface area contributed by atoms with Gasteiger partial charge in [0, 0.05) is 17.0 Å². The number of aryl methyl sites for hydroxylation is 1. The topological polar surface area (TPSA) is 71.4 Å². The van der Waals surface area contributed by atoms with Crippen molar-refractivity contribution in [1.29, 1.82) is 0 Å². The molecule has 0 aromatic heterocycles. The van der Waals surface area contributed by atoms with Crippen LogP contribution >= 0.6 is 11.6 Å². The smallest absolute Gasteiger partial charge is 0.303 e. The van der Waals surface area contributed by atoms with Gasteiger partial charge in [-0.25, -0.2) is 17.2 Å². The lowest BCUT2D eigenvalue weighted by Crippen LogP contribution is -2.04. The number of aliphatic carboxylic acids is 1. The van der Waals surface area contributed by atoms with E-state index in [4.69, 9.17) is 16.7 Å². The van der Waals surface area contributed by atoms with Crippen LogP contribution in [-0.2, 0) is 21.1 Å². The first-order valence-electron chi connectivity index (χ1n) is 8.49. The molecule has 29 heavy (non-hydrogen) atoms. The van der Waals surface area contributed by atoms with Gasteiger partial charge < -0.3 is 5.11 Å². The van der Waals surface area contributed by atoms with E-state index in [0.29, 0.717) is 16.1 Å². The van der Waals surface area contributed by atoms with Gasteiger partial charge in [0.2, 0.25) is 9.84 Å². The third-order valence-electron chi connectivity index (χ3n) is 4.35. The maximum absolute atomic E-state index is 14.9. The molecule has 0 aliphatic rings. The van der Waals surface area contributed by atoms with Crippen molar-refractivity contribution >= 4 is 27.4 Å². The number of carbonyl (C=O) groups is 1. The van der Waals surface area contributed by atoms with Crippen molar-refractivity contribution in [2.75, 3.05) is 0 Å². The largest absolute Gasteiger partial charge is 0.481 e. The number of halogens is 3. The second-order valence-electron chi connectivity index (χ2n) is 6.29. The van der Waals surface area contributed by atoms with Crippen molar-refractivity contribution < 1.29 is 27.1 Å². The number of carboxylic acids is 1. The summed E-state index contributed by atoms with van der Waals surface area (Å²) in [5, 5.41) is 9.24. The Morgan fingerprint density at radius 2 is 1.55 bits per heavy atom. The third-order valence-corrected chi connectivity index (χ3v) is 6.35. The monoisotopic (exact) mass is 436 g/mol. The molecule has 3 aromatic rings. The van der Waals surface area contributed by atoms with Crippen LogP contribution in [0.1, 0.15) is 12.0 Å². The summed E-state index contributed by atoms with van der Waals surface area (Å²) in [5.74, 6) is -2.38. The van der Waals surface area contributed by atoms with E-state index in [1.807, 2.05) is 0 Å². The first-order valence-corrected chi connectivity index (χ1v) is 10.4. The Balaban J connectivity index is 2.03. The van der Waals surface area contributed by atoms with Crippen molar-refractivity contribution in [3.05, 3.63) is 82.9 Å². The highest BCUT2D eigenvalue weighted by molar-refractivity contribution is 7.91. The van der Waals surface area contributed by atoms with E-state index in [9.17, 15) is 22.0 Å². The predicted molar refractivity (Wildman–Crippen MR) is 105 cm³/mol. The molecule has 0 heterocycles. The number of carboxylic acid groups (broad SMARTS) is 1. The highest BCUT2D eigenvalue weighted by atomic mass is 35.5. The molecule has 0 aliphatic carbocycles.